The molecule has 0 bridgehead atoms. The second kappa shape index (κ2) is 9.66. The van der Waals surface area contributed by atoms with E-state index in [0.717, 1.165) is 27.3 Å². The van der Waals surface area contributed by atoms with Gasteiger partial charge in [0.05, 0.1) is 12.9 Å². The van der Waals surface area contributed by atoms with Gasteiger partial charge >= 0.3 is 0 Å². The maximum Gasteiger partial charge on any atom is 0.296 e. The second-order valence-corrected chi connectivity index (χ2v) is 6.99. The number of nitrogens with zero attached hydrogens (tertiary/aromatic N) is 2. The highest BCUT2D eigenvalue weighted by Crippen LogP contribution is 2.24. The van der Waals surface area contributed by atoms with Crippen molar-refractivity contribution >= 4 is 23.4 Å². The molecular formula is C21H19N3O3S. The number of amides is 1. The highest BCUT2D eigenvalue weighted by molar-refractivity contribution is 8.00. The monoisotopic (exact) mass is 393 g/mol. The quantitative estimate of drug-likeness (QED) is 0.439. The van der Waals surface area contributed by atoms with Gasteiger partial charge in [0.2, 0.25) is 5.88 Å². The average Bonchev–Trinajstić information content (AvgIpc) is 2.77. The van der Waals surface area contributed by atoms with Crippen molar-refractivity contribution in [2.24, 2.45) is 5.18 Å². The van der Waals surface area contributed by atoms with E-state index >= 15 is 0 Å². The molecule has 0 unspecified atom stereocenters. The maximum atomic E-state index is 11.0. The predicted octanol–water partition coefficient (Wildman–Crippen LogP) is 4.75. The molecule has 0 radical (unpaired) electrons. The molecule has 142 valence electrons. The van der Waals surface area contributed by atoms with Gasteiger partial charge in [0.15, 0.2) is 0 Å². The van der Waals surface area contributed by atoms with Crippen molar-refractivity contribution < 1.29 is 9.53 Å². The molecule has 28 heavy (non-hydrogen) atoms. The van der Waals surface area contributed by atoms with Crippen LogP contribution in [0.4, 0.5) is 5.69 Å². The fourth-order valence-corrected chi connectivity index (χ4v) is 3.28. The van der Waals surface area contributed by atoms with E-state index in [9.17, 15) is 9.70 Å². The van der Waals surface area contributed by atoms with Crippen molar-refractivity contribution in [3.05, 3.63) is 77.3 Å². The largest absolute Gasteiger partial charge is 0.481 e. The zero-order valence-corrected chi connectivity index (χ0v) is 16.1. The van der Waals surface area contributed by atoms with Gasteiger partial charge in [0.25, 0.3) is 5.91 Å². The van der Waals surface area contributed by atoms with Gasteiger partial charge in [0.1, 0.15) is 0 Å². The Morgan fingerprint density at radius 3 is 2.64 bits per heavy atom. The Balaban J connectivity index is 1.61. The Morgan fingerprint density at radius 1 is 1.11 bits per heavy atom. The number of hydrogen-bond acceptors (Lipinski definition) is 6. The van der Waals surface area contributed by atoms with Gasteiger partial charge in [-0.05, 0) is 53.1 Å². The van der Waals surface area contributed by atoms with Gasteiger partial charge in [-0.2, -0.15) is 0 Å². The summed E-state index contributed by atoms with van der Waals surface area (Å²) in [5.41, 5.74) is 4.27. The number of nitrogens with one attached hydrogen (secondary N) is 1. The molecule has 1 heterocycles. The summed E-state index contributed by atoms with van der Waals surface area (Å²) in [6, 6.07) is 19.8. The minimum atomic E-state index is -0.654. The molecule has 0 spiro atoms. The number of ether oxygens (including phenoxy) is 1. The van der Waals surface area contributed by atoms with Crippen molar-refractivity contribution in [2.45, 2.75) is 11.4 Å². The first-order valence-electron chi connectivity index (χ1n) is 8.60. The summed E-state index contributed by atoms with van der Waals surface area (Å²) in [6.07, 6.45) is 1.73. The number of carbonyl (C=O) groups is 1. The van der Waals surface area contributed by atoms with Gasteiger partial charge in [-0.15, -0.1) is 16.7 Å². The van der Waals surface area contributed by atoms with E-state index in [2.05, 4.69) is 33.7 Å². The molecule has 1 N–H and O–H groups in total. The van der Waals surface area contributed by atoms with E-state index in [-0.39, 0.29) is 5.75 Å². The molecule has 0 saturated heterocycles. The summed E-state index contributed by atoms with van der Waals surface area (Å²) >= 11 is 1.29. The van der Waals surface area contributed by atoms with Gasteiger partial charge in [-0.25, -0.2) is 4.98 Å². The summed E-state index contributed by atoms with van der Waals surface area (Å²) in [6.45, 7) is 0.677. The van der Waals surface area contributed by atoms with Crippen molar-refractivity contribution in [1.29, 1.82) is 0 Å². The fourth-order valence-electron chi connectivity index (χ4n) is 2.61. The smallest absolute Gasteiger partial charge is 0.296 e. The number of carbonyl (C=O) groups excluding carboxylic acids is 1. The summed E-state index contributed by atoms with van der Waals surface area (Å²) in [5, 5.41) is 5.77. The number of benzene rings is 2. The summed E-state index contributed by atoms with van der Waals surface area (Å²) in [7, 11) is 1.60. The van der Waals surface area contributed by atoms with Gasteiger partial charge in [-0.3, -0.25) is 4.79 Å². The van der Waals surface area contributed by atoms with Gasteiger partial charge in [-0.1, -0.05) is 18.2 Å². The molecule has 1 amide bonds. The van der Waals surface area contributed by atoms with Crippen molar-refractivity contribution in [3.63, 3.8) is 0 Å². The molecule has 0 saturated carbocycles. The zero-order chi connectivity index (χ0) is 19.8. The Kier molecular flexibility index (Phi) is 6.75. The van der Waals surface area contributed by atoms with Crippen LogP contribution in [0.1, 0.15) is 5.56 Å². The molecule has 6 nitrogen and oxygen atoms in total. The first kappa shape index (κ1) is 19.6. The van der Waals surface area contributed by atoms with Crippen LogP contribution >= 0.6 is 11.8 Å². The van der Waals surface area contributed by atoms with Crippen LogP contribution in [0.15, 0.2) is 76.9 Å². The third kappa shape index (κ3) is 5.40. The molecule has 0 fully saturated rings. The van der Waals surface area contributed by atoms with Crippen LogP contribution in [0.25, 0.3) is 11.1 Å². The molecular weight excluding hydrogens is 374 g/mol. The van der Waals surface area contributed by atoms with Crippen LogP contribution in [0.3, 0.4) is 0 Å². The maximum absolute atomic E-state index is 11.0. The first-order chi connectivity index (χ1) is 13.7. The highest BCUT2D eigenvalue weighted by atomic mass is 32.2. The van der Waals surface area contributed by atoms with E-state index in [1.54, 1.807) is 13.3 Å². The van der Waals surface area contributed by atoms with E-state index in [4.69, 9.17) is 4.74 Å². The lowest BCUT2D eigenvalue weighted by Crippen LogP contribution is -1.99. The number of aromatic nitrogens is 1. The average molecular weight is 393 g/mol. The van der Waals surface area contributed by atoms with Crippen molar-refractivity contribution in [3.8, 4) is 17.0 Å². The van der Waals surface area contributed by atoms with Crippen molar-refractivity contribution in [1.82, 2.24) is 4.98 Å². The standard InChI is InChI=1S/C21H19N3O3S/c1-27-21-12-17(9-10-22-21)16-4-2-3-15(11-16)13-23-18-5-7-19(8-6-18)28-14-20(25)24-26/h2-12,23H,13-14H2,1H3. The van der Waals surface area contributed by atoms with Crippen LogP contribution in [-0.2, 0) is 11.3 Å². The second-order valence-electron chi connectivity index (χ2n) is 5.94. The van der Waals surface area contributed by atoms with E-state index in [1.165, 1.54) is 11.8 Å². The molecule has 2 aromatic carbocycles. The lowest BCUT2D eigenvalue weighted by Gasteiger charge is -2.10. The molecule has 0 aliphatic heterocycles. The normalized spacial score (nSPS) is 10.3. The Bertz CT molecular complexity index is 961. The number of nitroso groups, excluding NO2 is 1. The zero-order valence-electron chi connectivity index (χ0n) is 15.3. The number of anilines is 1. The van der Waals surface area contributed by atoms with E-state index in [1.807, 2.05) is 42.5 Å². The van der Waals surface area contributed by atoms with E-state index in [0.29, 0.717) is 12.4 Å². The number of pyridine rings is 1. The number of thioether (sulfide) groups is 1. The number of rotatable bonds is 8. The SMILES string of the molecule is COc1cc(-c2cccc(CNc3ccc(SCC(=O)N=O)cc3)c2)ccn1. The van der Waals surface area contributed by atoms with Crippen LogP contribution < -0.4 is 10.1 Å². The Hall–Kier alpha value is -3.19. The van der Waals surface area contributed by atoms with Crippen LogP contribution in [0.2, 0.25) is 0 Å². The summed E-state index contributed by atoms with van der Waals surface area (Å²) in [4.78, 5) is 26.1. The molecule has 0 atom stereocenters. The van der Waals surface area contributed by atoms with Gasteiger partial charge < -0.3 is 10.1 Å². The first-order valence-corrected chi connectivity index (χ1v) is 9.59. The summed E-state index contributed by atoms with van der Waals surface area (Å²) < 4.78 is 5.19. The van der Waals surface area contributed by atoms with E-state index < -0.39 is 5.91 Å². The fraction of sp³-hybridized carbons (Fsp3) is 0.143. The molecule has 0 aliphatic carbocycles. The predicted molar refractivity (Wildman–Crippen MR) is 112 cm³/mol. The molecule has 3 rings (SSSR count). The number of hydrogen-bond donors (Lipinski definition) is 1. The van der Waals surface area contributed by atoms with Crippen molar-refractivity contribution in [2.75, 3.05) is 18.2 Å². The molecule has 0 aliphatic rings. The Morgan fingerprint density at radius 2 is 1.89 bits per heavy atom. The molecule has 3 aromatic rings. The topological polar surface area (TPSA) is 80.6 Å². The lowest BCUT2D eigenvalue weighted by molar-refractivity contribution is -0.115. The number of methoxy groups -OCH3 is 1. The summed E-state index contributed by atoms with van der Waals surface area (Å²) in [5.74, 6) is -0.00780. The third-order valence-electron chi connectivity index (χ3n) is 4.02. The molecule has 1 aromatic heterocycles. The van der Waals surface area contributed by atoms with Crippen LogP contribution in [0, 0.1) is 4.91 Å². The molecule has 7 heteroatoms. The lowest BCUT2D eigenvalue weighted by atomic mass is 10.0. The highest BCUT2D eigenvalue weighted by Gasteiger charge is 2.04. The van der Waals surface area contributed by atoms with Gasteiger partial charge in [0, 0.05) is 34.6 Å². The minimum absolute atomic E-state index is 0.0584. The van der Waals surface area contributed by atoms with Crippen LogP contribution in [-0.4, -0.2) is 23.8 Å². The minimum Gasteiger partial charge on any atom is -0.481 e. The third-order valence-corrected chi connectivity index (χ3v) is 5.02. The Labute approximate surface area is 167 Å². The van der Waals surface area contributed by atoms with Crippen LogP contribution in [0.5, 0.6) is 5.88 Å².